The molecule has 0 saturated carbocycles. The second-order valence-electron chi connectivity index (χ2n) is 12.7. The molecule has 0 saturated heterocycles. The van der Waals surface area contributed by atoms with E-state index in [0.29, 0.717) is 5.95 Å². The Morgan fingerprint density at radius 3 is 1.44 bits per heavy atom. The number of hydrogen-bond donors (Lipinski definition) is 0. The van der Waals surface area contributed by atoms with E-state index in [2.05, 4.69) is 179 Å². The van der Waals surface area contributed by atoms with Gasteiger partial charge in [0.1, 0.15) is 0 Å². The lowest BCUT2D eigenvalue weighted by atomic mass is 10.0. The molecule has 0 unspecified atom stereocenters. The first kappa shape index (κ1) is 28.3. The third kappa shape index (κ3) is 4.54. The molecule has 0 aliphatic rings. The molecule has 10 aromatic rings. The van der Waals surface area contributed by atoms with Crippen LogP contribution in [0.25, 0.3) is 88.9 Å². The molecule has 50 heavy (non-hydrogen) atoms. The molecule has 0 bridgehead atoms. The molecule has 3 heterocycles. The van der Waals surface area contributed by atoms with E-state index in [1.165, 1.54) is 32.6 Å². The maximum atomic E-state index is 5.23. The molecule has 10 rings (SSSR count). The summed E-state index contributed by atoms with van der Waals surface area (Å²) in [5, 5.41) is 4.81. The van der Waals surface area contributed by atoms with E-state index in [0.717, 1.165) is 50.4 Å². The van der Waals surface area contributed by atoms with Crippen molar-refractivity contribution in [1.82, 2.24) is 19.1 Å². The SMILES string of the molecule is c1ccc(-c2cc(-c3ccccc3)nc(-n3c4ccccc4c4ccc(-c5ccc6c(c5)c5ccccc5n6-c5ccccc5)cc43)n2)cc1. The van der Waals surface area contributed by atoms with E-state index in [9.17, 15) is 0 Å². The molecule has 7 aromatic carbocycles. The maximum Gasteiger partial charge on any atom is 0.235 e. The van der Waals surface area contributed by atoms with E-state index in [1.807, 2.05) is 12.1 Å². The van der Waals surface area contributed by atoms with E-state index >= 15 is 0 Å². The van der Waals surface area contributed by atoms with Gasteiger partial charge in [-0.25, -0.2) is 9.97 Å². The van der Waals surface area contributed by atoms with Gasteiger partial charge in [0, 0.05) is 38.4 Å². The smallest absolute Gasteiger partial charge is 0.235 e. The van der Waals surface area contributed by atoms with Gasteiger partial charge in [0.05, 0.1) is 33.5 Å². The summed E-state index contributed by atoms with van der Waals surface area (Å²) in [6.07, 6.45) is 0. The molecule has 0 spiro atoms. The molecule has 4 heteroatoms. The van der Waals surface area contributed by atoms with Crippen LogP contribution in [0.4, 0.5) is 0 Å². The second-order valence-corrected chi connectivity index (χ2v) is 12.7. The fourth-order valence-corrected chi connectivity index (χ4v) is 7.42. The van der Waals surface area contributed by atoms with E-state index < -0.39 is 0 Å². The van der Waals surface area contributed by atoms with Crippen LogP contribution in [0.2, 0.25) is 0 Å². The Morgan fingerprint density at radius 2 is 0.780 bits per heavy atom. The van der Waals surface area contributed by atoms with Crippen molar-refractivity contribution in [2.45, 2.75) is 0 Å². The molecular weight excluding hydrogens is 609 g/mol. The molecule has 234 valence electrons. The van der Waals surface area contributed by atoms with Crippen LogP contribution in [-0.2, 0) is 0 Å². The summed E-state index contributed by atoms with van der Waals surface area (Å²) < 4.78 is 4.59. The summed E-state index contributed by atoms with van der Waals surface area (Å²) >= 11 is 0. The zero-order valence-electron chi connectivity index (χ0n) is 27.1. The van der Waals surface area contributed by atoms with Gasteiger partial charge in [0.25, 0.3) is 0 Å². The summed E-state index contributed by atoms with van der Waals surface area (Å²) in [6.45, 7) is 0. The van der Waals surface area contributed by atoms with Crippen molar-refractivity contribution in [3.8, 4) is 45.3 Å². The van der Waals surface area contributed by atoms with Crippen LogP contribution in [0, 0.1) is 0 Å². The third-order valence-electron chi connectivity index (χ3n) is 9.75. The second kappa shape index (κ2) is 11.4. The van der Waals surface area contributed by atoms with Gasteiger partial charge in [-0.3, -0.25) is 4.57 Å². The zero-order valence-corrected chi connectivity index (χ0v) is 27.1. The number of aromatic nitrogens is 4. The Kier molecular flexibility index (Phi) is 6.46. The van der Waals surface area contributed by atoms with Crippen molar-refractivity contribution in [1.29, 1.82) is 0 Å². The summed E-state index contributed by atoms with van der Waals surface area (Å²) in [5.74, 6) is 0.648. The van der Waals surface area contributed by atoms with Gasteiger partial charge in [0.2, 0.25) is 5.95 Å². The van der Waals surface area contributed by atoms with Crippen molar-refractivity contribution in [3.63, 3.8) is 0 Å². The lowest BCUT2D eigenvalue weighted by Crippen LogP contribution is -2.04. The average molecular weight is 639 g/mol. The fraction of sp³-hybridized carbons (Fsp3) is 0. The van der Waals surface area contributed by atoms with E-state index in [4.69, 9.17) is 9.97 Å². The predicted octanol–water partition coefficient (Wildman–Crippen LogP) is 11.7. The molecule has 0 radical (unpaired) electrons. The van der Waals surface area contributed by atoms with E-state index in [-0.39, 0.29) is 0 Å². The fourth-order valence-electron chi connectivity index (χ4n) is 7.42. The average Bonchev–Trinajstić information content (AvgIpc) is 3.71. The van der Waals surface area contributed by atoms with Gasteiger partial charge in [-0.05, 0) is 59.7 Å². The number of hydrogen-bond acceptors (Lipinski definition) is 2. The summed E-state index contributed by atoms with van der Waals surface area (Å²) in [5.41, 5.74) is 11.9. The number of fused-ring (bicyclic) bond motifs is 6. The molecule has 0 amide bonds. The van der Waals surface area contributed by atoms with Crippen LogP contribution < -0.4 is 0 Å². The molecule has 0 atom stereocenters. The molecule has 4 nitrogen and oxygen atoms in total. The summed E-state index contributed by atoms with van der Waals surface area (Å²) in [6, 6.07) is 64.3. The van der Waals surface area contributed by atoms with Crippen molar-refractivity contribution >= 4 is 43.6 Å². The number of nitrogens with zero attached hydrogens (tertiary/aromatic N) is 4. The van der Waals surface area contributed by atoms with Gasteiger partial charge < -0.3 is 4.57 Å². The highest BCUT2D eigenvalue weighted by Gasteiger charge is 2.18. The minimum Gasteiger partial charge on any atom is -0.309 e. The van der Waals surface area contributed by atoms with Crippen molar-refractivity contribution < 1.29 is 0 Å². The van der Waals surface area contributed by atoms with Gasteiger partial charge in [-0.1, -0.05) is 133 Å². The van der Waals surface area contributed by atoms with Crippen LogP contribution in [0.1, 0.15) is 0 Å². The first-order chi connectivity index (χ1) is 24.8. The maximum absolute atomic E-state index is 5.23. The van der Waals surface area contributed by atoms with Crippen LogP contribution >= 0.6 is 0 Å². The Hall–Kier alpha value is -6.78. The first-order valence-electron chi connectivity index (χ1n) is 16.9. The largest absolute Gasteiger partial charge is 0.309 e. The van der Waals surface area contributed by atoms with Gasteiger partial charge in [0.15, 0.2) is 0 Å². The lowest BCUT2D eigenvalue weighted by molar-refractivity contribution is 0.996. The first-order valence-corrected chi connectivity index (χ1v) is 16.9. The van der Waals surface area contributed by atoms with Crippen LogP contribution in [0.15, 0.2) is 182 Å². The monoisotopic (exact) mass is 638 g/mol. The third-order valence-corrected chi connectivity index (χ3v) is 9.75. The van der Waals surface area contributed by atoms with Crippen LogP contribution in [0.3, 0.4) is 0 Å². The van der Waals surface area contributed by atoms with Crippen LogP contribution in [0.5, 0.6) is 0 Å². The Balaban J connectivity index is 1.20. The minimum atomic E-state index is 0.648. The van der Waals surface area contributed by atoms with Crippen molar-refractivity contribution in [2.24, 2.45) is 0 Å². The highest BCUT2D eigenvalue weighted by Crippen LogP contribution is 2.38. The van der Waals surface area contributed by atoms with Gasteiger partial charge in [-0.15, -0.1) is 0 Å². The van der Waals surface area contributed by atoms with Crippen LogP contribution in [-0.4, -0.2) is 19.1 Å². The quantitative estimate of drug-likeness (QED) is 0.188. The normalized spacial score (nSPS) is 11.6. The molecule has 0 N–H and O–H groups in total. The van der Waals surface area contributed by atoms with Crippen molar-refractivity contribution in [3.05, 3.63) is 182 Å². The lowest BCUT2D eigenvalue weighted by Gasteiger charge is -2.12. The molecule has 0 aliphatic carbocycles. The molecular formula is C46H30N4. The topological polar surface area (TPSA) is 35.6 Å². The molecule has 3 aromatic heterocycles. The number of rotatable bonds is 5. The molecule has 0 aliphatic heterocycles. The minimum absolute atomic E-state index is 0.648. The Bertz CT molecular complexity index is 2790. The highest BCUT2D eigenvalue weighted by atomic mass is 15.2. The van der Waals surface area contributed by atoms with Gasteiger partial charge >= 0.3 is 0 Å². The summed E-state index contributed by atoms with van der Waals surface area (Å²) in [4.78, 5) is 10.5. The van der Waals surface area contributed by atoms with E-state index in [1.54, 1.807) is 0 Å². The van der Waals surface area contributed by atoms with Gasteiger partial charge in [-0.2, -0.15) is 0 Å². The molecule has 0 fully saturated rings. The number of benzene rings is 7. The summed E-state index contributed by atoms with van der Waals surface area (Å²) in [7, 11) is 0. The predicted molar refractivity (Wildman–Crippen MR) is 207 cm³/mol. The standard InChI is InChI=1S/C46H30N4/c1-4-14-31(15-5-1)40-30-41(32-16-6-2-7-17-32)48-46(47-40)50-43-23-13-10-20-36(43)38-26-24-34(29-45(38)50)33-25-27-44-39(28-33)37-21-11-12-22-42(37)49(44)35-18-8-3-9-19-35/h1-30H. The highest BCUT2D eigenvalue weighted by molar-refractivity contribution is 6.12. The number of para-hydroxylation sites is 3. The van der Waals surface area contributed by atoms with Crippen molar-refractivity contribution in [2.75, 3.05) is 0 Å². The zero-order chi connectivity index (χ0) is 33.0. The Labute approximate surface area is 289 Å². The Morgan fingerprint density at radius 1 is 0.300 bits per heavy atom.